The van der Waals surface area contributed by atoms with E-state index in [1.165, 1.54) is 13.2 Å². The Bertz CT molecular complexity index is 728. The van der Waals surface area contributed by atoms with Crippen molar-refractivity contribution in [1.29, 1.82) is 0 Å². The summed E-state index contributed by atoms with van der Waals surface area (Å²) in [5.41, 5.74) is 1.31. The van der Waals surface area contributed by atoms with E-state index in [0.29, 0.717) is 16.3 Å². The van der Waals surface area contributed by atoms with E-state index < -0.39 is 30.3 Å². The molecule has 126 valence electrons. The molecule has 24 heavy (non-hydrogen) atoms. The quantitative estimate of drug-likeness (QED) is 0.475. The third kappa shape index (κ3) is 3.27. The van der Waals surface area contributed by atoms with Gasteiger partial charge in [0.1, 0.15) is 12.3 Å². The molecule has 1 N–H and O–H groups in total. The molecular weight excluding hydrogens is 314 g/mol. The van der Waals surface area contributed by atoms with Crippen LogP contribution in [0.4, 0.5) is 10.5 Å². The highest BCUT2D eigenvalue weighted by atomic mass is 16.5. The largest absolute Gasteiger partial charge is 0.495 e. The van der Waals surface area contributed by atoms with Crippen molar-refractivity contribution in [2.45, 2.75) is 6.92 Å². The number of urea groups is 1. The molecule has 0 atom stereocenters. The highest BCUT2D eigenvalue weighted by molar-refractivity contribution is 6.45. The number of anilines is 1. The maximum atomic E-state index is 12.1. The van der Waals surface area contributed by atoms with Gasteiger partial charge < -0.3 is 10.1 Å². The zero-order valence-electron chi connectivity index (χ0n) is 13.4. The van der Waals surface area contributed by atoms with Crippen LogP contribution < -0.4 is 10.1 Å². The van der Waals surface area contributed by atoms with Crippen LogP contribution in [0.25, 0.3) is 0 Å². The van der Waals surface area contributed by atoms with E-state index in [0.717, 1.165) is 10.5 Å². The second-order valence-corrected chi connectivity index (χ2v) is 5.13. The van der Waals surface area contributed by atoms with Crippen LogP contribution in [0.5, 0.6) is 5.75 Å². The van der Waals surface area contributed by atoms with E-state index in [1.807, 2.05) is 13.0 Å². The monoisotopic (exact) mass is 331 g/mol. The van der Waals surface area contributed by atoms with Crippen LogP contribution in [-0.2, 0) is 14.4 Å². The van der Waals surface area contributed by atoms with Gasteiger partial charge in [-0.2, -0.15) is 0 Å². The van der Waals surface area contributed by atoms with Crippen molar-refractivity contribution in [3.05, 3.63) is 36.4 Å². The van der Waals surface area contributed by atoms with Gasteiger partial charge in [0, 0.05) is 6.54 Å². The van der Waals surface area contributed by atoms with Crippen molar-refractivity contribution in [1.82, 2.24) is 9.80 Å². The van der Waals surface area contributed by atoms with E-state index in [1.54, 1.807) is 12.1 Å². The summed E-state index contributed by atoms with van der Waals surface area (Å²) in [6.45, 7) is 4.61. The second kappa shape index (κ2) is 6.95. The van der Waals surface area contributed by atoms with Gasteiger partial charge in [-0.15, -0.1) is 6.58 Å². The lowest BCUT2D eigenvalue weighted by Crippen LogP contribution is -2.39. The first-order valence-corrected chi connectivity index (χ1v) is 7.11. The highest BCUT2D eigenvalue weighted by Gasteiger charge is 2.44. The van der Waals surface area contributed by atoms with Crippen molar-refractivity contribution in [2.24, 2.45) is 0 Å². The van der Waals surface area contributed by atoms with Crippen LogP contribution in [-0.4, -0.2) is 53.8 Å². The van der Waals surface area contributed by atoms with E-state index in [4.69, 9.17) is 4.74 Å². The summed E-state index contributed by atoms with van der Waals surface area (Å²) in [5.74, 6) is -2.18. The number of carbonyl (C=O) groups is 4. The van der Waals surface area contributed by atoms with Crippen molar-refractivity contribution in [3.8, 4) is 5.75 Å². The van der Waals surface area contributed by atoms with Crippen LogP contribution in [0.3, 0.4) is 0 Å². The van der Waals surface area contributed by atoms with Crippen LogP contribution in [0.15, 0.2) is 30.9 Å². The molecule has 8 heteroatoms. The first-order chi connectivity index (χ1) is 11.4. The second-order valence-electron chi connectivity index (χ2n) is 5.13. The fourth-order valence-corrected chi connectivity index (χ4v) is 2.23. The molecule has 0 saturated carbocycles. The molecule has 1 fully saturated rings. The number of rotatable bonds is 6. The average Bonchev–Trinajstić information content (AvgIpc) is 2.73. The number of hydrogen-bond acceptors (Lipinski definition) is 5. The lowest BCUT2D eigenvalue weighted by molar-refractivity contribution is -0.143. The SMILES string of the molecule is C=CCN1C(=O)C(=O)N(CC(=O)Nc2cc(C)ccc2OC)C1=O. The minimum Gasteiger partial charge on any atom is -0.495 e. The Hall–Kier alpha value is -3.16. The highest BCUT2D eigenvalue weighted by Crippen LogP contribution is 2.25. The summed E-state index contributed by atoms with van der Waals surface area (Å²) in [6.07, 6.45) is 1.32. The standard InChI is InChI=1S/C16H17N3O5/c1-4-7-18-14(21)15(22)19(16(18)23)9-13(20)17-11-8-10(2)5-6-12(11)24-3/h4-6,8H,1,7,9H2,2-3H3,(H,17,20). The Balaban J connectivity index is 2.11. The Morgan fingerprint density at radius 2 is 1.92 bits per heavy atom. The molecule has 0 aliphatic carbocycles. The predicted molar refractivity (Wildman–Crippen MR) is 85.4 cm³/mol. The molecule has 0 radical (unpaired) electrons. The summed E-state index contributed by atoms with van der Waals surface area (Å²) < 4.78 is 5.14. The van der Waals surface area contributed by atoms with Gasteiger partial charge in [0.2, 0.25) is 5.91 Å². The van der Waals surface area contributed by atoms with Crippen molar-refractivity contribution in [3.63, 3.8) is 0 Å². The molecular formula is C16H17N3O5. The maximum absolute atomic E-state index is 12.1. The fourth-order valence-electron chi connectivity index (χ4n) is 2.23. The maximum Gasteiger partial charge on any atom is 0.335 e. The molecule has 8 nitrogen and oxygen atoms in total. The number of benzene rings is 1. The lowest BCUT2D eigenvalue weighted by atomic mass is 10.2. The Morgan fingerprint density at radius 3 is 2.54 bits per heavy atom. The zero-order chi connectivity index (χ0) is 17.9. The van der Waals surface area contributed by atoms with Crippen LogP contribution >= 0.6 is 0 Å². The normalized spacial score (nSPS) is 14.2. The van der Waals surface area contributed by atoms with Crippen LogP contribution in [0.2, 0.25) is 0 Å². The van der Waals surface area contributed by atoms with E-state index in [9.17, 15) is 19.2 Å². The molecule has 0 spiro atoms. The number of imide groups is 2. The van der Waals surface area contributed by atoms with Crippen molar-refractivity contribution >= 4 is 29.4 Å². The predicted octanol–water partition coefficient (Wildman–Crippen LogP) is 0.919. The molecule has 1 aliphatic rings. The van der Waals surface area contributed by atoms with Crippen molar-refractivity contribution in [2.75, 3.05) is 25.5 Å². The molecule has 1 aliphatic heterocycles. The van der Waals surface area contributed by atoms with Crippen LogP contribution in [0.1, 0.15) is 5.56 Å². The number of nitrogens with one attached hydrogen (secondary N) is 1. The molecule has 5 amide bonds. The topological polar surface area (TPSA) is 96.0 Å². The van der Waals surface area contributed by atoms with Gasteiger partial charge in [-0.25, -0.2) is 9.69 Å². The summed E-state index contributed by atoms with van der Waals surface area (Å²) in [4.78, 5) is 49.1. The number of hydrogen-bond donors (Lipinski definition) is 1. The number of amides is 5. The summed E-state index contributed by atoms with van der Waals surface area (Å²) in [6, 6.07) is 4.36. The molecule has 1 saturated heterocycles. The molecule has 0 bridgehead atoms. The number of methoxy groups -OCH3 is 1. The average molecular weight is 331 g/mol. The third-order valence-corrected chi connectivity index (χ3v) is 3.38. The van der Waals surface area contributed by atoms with Crippen molar-refractivity contribution < 1.29 is 23.9 Å². The minimum absolute atomic E-state index is 0.0901. The summed E-state index contributed by atoms with van der Waals surface area (Å²) >= 11 is 0. The number of nitrogens with zero attached hydrogens (tertiary/aromatic N) is 2. The van der Waals surface area contributed by atoms with Gasteiger partial charge >= 0.3 is 17.8 Å². The van der Waals surface area contributed by atoms with Gasteiger partial charge in [-0.3, -0.25) is 19.3 Å². The summed E-state index contributed by atoms with van der Waals surface area (Å²) in [7, 11) is 1.46. The van der Waals surface area contributed by atoms with Gasteiger partial charge in [0.15, 0.2) is 0 Å². The first-order valence-electron chi connectivity index (χ1n) is 7.11. The minimum atomic E-state index is -1.03. The molecule has 0 unspecified atom stereocenters. The summed E-state index contributed by atoms with van der Waals surface area (Å²) in [5, 5.41) is 2.57. The Labute approximate surface area is 138 Å². The van der Waals surface area contributed by atoms with E-state index in [2.05, 4.69) is 11.9 Å². The van der Waals surface area contributed by atoms with Gasteiger partial charge in [0.25, 0.3) is 0 Å². The zero-order valence-corrected chi connectivity index (χ0v) is 13.4. The Morgan fingerprint density at radius 1 is 1.25 bits per heavy atom. The Kier molecular flexibility index (Phi) is 4.98. The van der Waals surface area contributed by atoms with E-state index in [-0.39, 0.29) is 6.54 Å². The third-order valence-electron chi connectivity index (χ3n) is 3.38. The molecule has 1 heterocycles. The molecule has 0 aromatic heterocycles. The fraction of sp³-hybridized carbons (Fsp3) is 0.250. The van der Waals surface area contributed by atoms with E-state index >= 15 is 0 Å². The smallest absolute Gasteiger partial charge is 0.335 e. The first kappa shape index (κ1) is 17.2. The molecule has 1 aromatic rings. The number of ether oxygens (including phenoxy) is 1. The van der Waals surface area contributed by atoms with Gasteiger partial charge in [-0.05, 0) is 24.6 Å². The van der Waals surface area contributed by atoms with Gasteiger partial charge in [0.05, 0.1) is 12.8 Å². The van der Waals surface area contributed by atoms with Crippen LogP contribution in [0, 0.1) is 6.92 Å². The lowest BCUT2D eigenvalue weighted by Gasteiger charge is -2.15. The number of carbonyl (C=O) groups excluding carboxylic acids is 4. The molecule has 2 rings (SSSR count). The molecule has 1 aromatic carbocycles. The van der Waals surface area contributed by atoms with Gasteiger partial charge in [-0.1, -0.05) is 12.1 Å². The number of aryl methyl sites for hydroxylation is 1.